The van der Waals surface area contributed by atoms with Gasteiger partial charge in [0.1, 0.15) is 0 Å². The van der Waals surface area contributed by atoms with Crippen LogP contribution in [0, 0.1) is 0 Å². The van der Waals surface area contributed by atoms with Gasteiger partial charge < -0.3 is 20.4 Å². The van der Waals surface area contributed by atoms with Gasteiger partial charge in [0.2, 0.25) is 0 Å². The fourth-order valence-electron chi connectivity index (χ4n) is 3.77. The van der Waals surface area contributed by atoms with Crippen molar-refractivity contribution in [2.24, 2.45) is 0 Å². The molecular formula is C22H26N2O4. The Labute approximate surface area is 164 Å². The van der Waals surface area contributed by atoms with Crippen molar-refractivity contribution in [3.8, 4) is 0 Å². The largest absolute Gasteiger partial charge is 0.481 e. The molecule has 0 aromatic heterocycles. The van der Waals surface area contributed by atoms with Crippen LogP contribution in [-0.4, -0.2) is 46.3 Å². The summed E-state index contributed by atoms with van der Waals surface area (Å²) in [6.07, 6.45) is 1.64. The van der Waals surface area contributed by atoms with Gasteiger partial charge in [-0.15, -0.1) is 0 Å². The first kappa shape index (κ1) is 19.9. The molecule has 28 heavy (non-hydrogen) atoms. The molecule has 0 saturated heterocycles. The molecule has 148 valence electrons. The summed E-state index contributed by atoms with van der Waals surface area (Å²) in [7, 11) is 0. The summed E-state index contributed by atoms with van der Waals surface area (Å²) in [6.45, 7) is 0.369. The zero-order valence-corrected chi connectivity index (χ0v) is 15.8. The minimum Gasteiger partial charge on any atom is -0.481 e. The number of aliphatic hydroxyl groups is 1. The molecule has 1 aliphatic heterocycles. The number of aliphatic carboxylic acids is 1. The Hall–Kier alpha value is -2.86. The summed E-state index contributed by atoms with van der Waals surface area (Å²) < 4.78 is 0. The van der Waals surface area contributed by atoms with Gasteiger partial charge in [-0.3, -0.25) is 4.79 Å². The van der Waals surface area contributed by atoms with Gasteiger partial charge in [0, 0.05) is 19.0 Å². The number of rotatable bonds is 7. The number of hydrogen-bond donors (Lipinski definition) is 3. The molecule has 0 saturated carbocycles. The van der Waals surface area contributed by atoms with Gasteiger partial charge in [-0.2, -0.15) is 0 Å². The first-order chi connectivity index (χ1) is 13.6. The summed E-state index contributed by atoms with van der Waals surface area (Å²) in [6, 6.07) is 16.6. The molecule has 3 rings (SSSR count). The second kappa shape index (κ2) is 9.37. The normalized spacial score (nSPS) is 16.9. The van der Waals surface area contributed by atoms with Gasteiger partial charge in [0.05, 0.1) is 12.6 Å². The molecule has 3 N–H and O–H groups in total. The Morgan fingerprint density at radius 1 is 1.11 bits per heavy atom. The Kier molecular flexibility index (Phi) is 6.66. The summed E-state index contributed by atoms with van der Waals surface area (Å²) in [5.41, 5.74) is 3.16. The minimum absolute atomic E-state index is 0.00988. The number of fused-ring (bicyclic) bond motifs is 1. The van der Waals surface area contributed by atoms with Gasteiger partial charge in [-0.05, 0) is 36.0 Å². The Bertz CT molecular complexity index is 809. The molecule has 1 aliphatic rings. The van der Waals surface area contributed by atoms with Crippen molar-refractivity contribution in [1.82, 2.24) is 10.2 Å². The van der Waals surface area contributed by atoms with Crippen molar-refractivity contribution < 1.29 is 19.8 Å². The molecule has 2 atom stereocenters. The average molecular weight is 382 g/mol. The predicted molar refractivity (Wildman–Crippen MR) is 106 cm³/mol. The molecule has 0 fully saturated rings. The van der Waals surface area contributed by atoms with Crippen molar-refractivity contribution in [2.45, 2.75) is 37.8 Å². The maximum Gasteiger partial charge on any atom is 0.318 e. The predicted octanol–water partition coefficient (Wildman–Crippen LogP) is 2.76. The average Bonchev–Trinajstić information content (AvgIpc) is 2.71. The lowest BCUT2D eigenvalue weighted by molar-refractivity contribution is -0.137. The van der Waals surface area contributed by atoms with E-state index in [1.807, 2.05) is 54.6 Å². The second-order valence-electron chi connectivity index (χ2n) is 7.11. The molecule has 6 heteroatoms. The van der Waals surface area contributed by atoms with E-state index in [9.17, 15) is 14.7 Å². The standard InChI is InChI=1S/C22H26N2O4/c25-15-20-19-9-5-4-8-17(19)12-13-24(20)22(28)23-18(10-11-21(26)27)14-16-6-2-1-3-7-16/h1-9,18,20,25H,10-15H2,(H,23,28)(H,26,27). The molecular weight excluding hydrogens is 356 g/mol. The highest BCUT2D eigenvalue weighted by Gasteiger charge is 2.31. The molecule has 1 heterocycles. The van der Waals surface area contributed by atoms with Crippen molar-refractivity contribution in [1.29, 1.82) is 0 Å². The van der Waals surface area contributed by atoms with Crippen LogP contribution in [0.5, 0.6) is 0 Å². The van der Waals surface area contributed by atoms with Gasteiger partial charge in [0.15, 0.2) is 0 Å². The van der Waals surface area contributed by atoms with E-state index in [-0.39, 0.29) is 31.1 Å². The van der Waals surface area contributed by atoms with E-state index in [4.69, 9.17) is 5.11 Å². The number of carboxylic acids is 1. The van der Waals surface area contributed by atoms with E-state index in [0.29, 0.717) is 19.4 Å². The number of carboxylic acid groups (broad SMARTS) is 1. The highest BCUT2D eigenvalue weighted by atomic mass is 16.4. The maximum atomic E-state index is 13.0. The molecule has 0 bridgehead atoms. The third-order valence-corrected chi connectivity index (χ3v) is 5.21. The zero-order valence-electron chi connectivity index (χ0n) is 15.8. The lowest BCUT2D eigenvalue weighted by Crippen LogP contribution is -2.50. The van der Waals surface area contributed by atoms with Crippen molar-refractivity contribution in [3.05, 3.63) is 71.3 Å². The fraction of sp³-hybridized carbons (Fsp3) is 0.364. The van der Waals surface area contributed by atoms with E-state index in [1.165, 1.54) is 0 Å². The molecule has 0 spiro atoms. The summed E-state index contributed by atoms with van der Waals surface area (Å²) in [4.78, 5) is 25.7. The van der Waals surface area contributed by atoms with E-state index in [1.54, 1.807) is 4.90 Å². The monoisotopic (exact) mass is 382 g/mol. The summed E-state index contributed by atoms with van der Waals surface area (Å²) in [5, 5.41) is 21.9. The fourth-order valence-corrected chi connectivity index (χ4v) is 3.77. The highest BCUT2D eigenvalue weighted by molar-refractivity contribution is 5.76. The molecule has 2 amide bonds. The second-order valence-corrected chi connectivity index (χ2v) is 7.11. The van der Waals surface area contributed by atoms with Crippen LogP contribution >= 0.6 is 0 Å². The van der Waals surface area contributed by atoms with Crippen molar-refractivity contribution in [2.75, 3.05) is 13.2 Å². The molecule has 2 aromatic rings. The van der Waals surface area contributed by atoms with Crippen LogP contribution in [0.25, 0.3) is 0 Å². The third kappa shape index (κ3) is 4.89. The quantitative estimate of drug-likeness (QED) is 0.687. The Morgan fingerprint density at radius 2 is 1.82 bits per heavy atom. The Morgan fingerprint density at radius 3 is 2.54 bits per heavy atom. The van der Waals surface area contributed by atoms with Crippen LogP contribution in [0.4, 0.5) is 4.79 Å². The third-order valence-electron chi connectivity index (χ3n) is 5.21. The molecule has 2 aromatic carbocycles. The van der Waals surface area contributed by atoms with Crippen LogP contribution in [0.3, 0.4) is 0 Å². The lowest BCUT2D eigenvalue weighted by atomic mass is 9.93. The van der Waals surface area contributed by atoms with Crippen LogP contribution in [0.15, 0.2) is 54.6 Å². The molecule has 6 nitrogen and oxygen atoms in total. The topological polar surface area (TPSA) is 89.9 Å². The van der Waals surface area contributed by atoms with Crippen LogP contribution in [0.1, 0.15) is 35.6 Å². The van der Waals surface area contributed by atoms with Crippen LogP contribution in [-0.2, 0) is 17.6 Å². The molecule has 2 unspecified atom stereocenters. The zero-order chi connectivity index (χ0) is 19.9. The van der Waals surface area contributed by atoms with E-state index in [0.717, 1.165) is 23.1 Å². The van der Waals surface area contributed by atoms with E-state index >= 15 is 0 Å². The van der Waals surface area contributed by atoms with Crippen molar-refractivity contribution >= 4 is 12.0 Å². The number of urea groups is 1. The van der Waals surface area contributed by atoms with Crippen molar-refractivity contribution in [3.63, 3.8) is 0 Å². The van der Waals surface area contributed by atoms with Crippen LogP contribution < -0.4 is 5.32 Å². The minimum atomic E-state index is -0.882. The van der Waals surface area contributed by atoms with Gasteiger partial charge >= 0.3 is 12.0 Å². The number of nitrogens with one attached hydrogen (secondary N) is 1. The van der Waals surface area contributed by atoms with E-state index < -0.39 is 5.97 Å². The lowest BCUT2D eigenvalue weighted by Gasteiger charge is -2.37. The summed E-state index contributed by atoms with van der Waals surface area (Å²) >= 11 is 0. The molecule has 0 radical (unpaired) electrons. The van der Waals surface area contributed by atoms with Gasteiger partial charge in [-0.25, -0.2) is 4.79 Å². The van der Waals surface area contributed by atoms with Gasteiger partial charge in [-0.1, -0.05) is 54.6 Å². The van der Waals surface area contributed by atoms with E-state index in [2.05, 4.69) is 5.32 Å². The number of hydrogen-bond acceptors (Lipinski definition) is 3. The SMILES string of the molecule is O=C(O)CCC(Cc1ccccc1)NC(=O)N1CCc2ccccc2C1CO. The number of amides is 2. The smallest absolute Gasteiger partial charge is 0.318 e. The number of nitrogens with zero attached hydrogens (tertiary/aromatic N) is 1. The number of carbonyl (C=O) groups excluding carboxylic acids is 1. The van der Waals surface area contributed by atoms with Crippen LogP contribution in [0.2, 0.25) is 0 Å². The first-order valence-corrected chi connectivity index (χ1v) is 9.60. The highest BCUT2D eigenvalue weighted by Crippen LogP contribution is 2.29. The van der Waals surface area contributed by atoms with Gasteiger partial charge in [0.25, 0.3) is 0 Å². The first-order valence-electron chi connectivity index (χ1n) is 9.60. The summed E-state index contributed by atoms with van der Waals surface area (Å²) in [5.74, 6) is -0.882. The number of benzene rings is 2. The Balaban J connectivity index is 1.72. The molecule has 0 aliphatic carbocycles. The number of carbonyl (C=O) groups is 2. The maximum absolute atomic E-state index is 13.0. The number of aliphatic hydroxyl groups excluding tert-OH is 1.